The summed E-state index contributed by atoms with van der Waals surface area (Å²) in [6, 6.07) is 11.4. The minimum Gasteiger partial charge on any atom is -0.455 e. The second kappa shape index (κ2) is 8.69. The van der Waals surface area contributed by atoms with Crippen LogP contribution < -0.4 is 5.32 Å². The van der Waals surface area contributed by atoms with Crippen LogP contribution in [0.15, 0.2) is 51.8 Å². The standard InChI is InChI=1S/C19H24N2O5S/c1-15(21-9-11-25-12-10-21)13-20-19(22)18-8-7-16(26-18)14-27(23,24)17-5-3-2-4-6-17/h2-8,15H,9-14H2,1H3,(H,20,22). The highest BCUT2D eigenvalue weighted by Crippen LogP contribution is 2.18. The lowest BCUT2D eigenvalue weighted by Crippen LogP contribution is -2.47. The van der Waals surface area contributed by atoms with Crippen molar-refractivity contribution in [3.05, 3.63) is 54.0 Å². The van der Waals surface area contributed by atoms with Crippen molar-refractivity contribution < 1.29 is 22.4 Å². The molecule has 146 valence electrons. The van der Waals surface area contributed by atoms with Gasteiger partial charge < -0.3 is 14.5 Å². The van der Waals surface area contributed by atoms with Gasteiger partial charge in [-0.25, -0.2) is 8.42 Å². The van der Waals surface area contributed by atoms with Crippen LogP contribution in [0.2, 0.25) is 0 Å². The molecule has 27 heavy (non-hydrogen) atoms. The maximum absolute atomic E-state index is 12.4. The van der Waals surface area contributed by atoms with E-state index >= 15 is 0 Å². The lowest BCUT2D eigenvalue weighted by molar-refractivity contribution is 0.0203. The number of sulfone groups is 1. The van der Waals surface area contributed by atoms with Crippen LogP contribution in [0.4, 0.5) is 0 Å². The largest absolute Gasteiger partial charge is 0.455 e. The average Bonchev–Trinajstić information content (AvgIpc) is 3.15. The monoisotopic (exact) mass is 392 g/mol. The molecule has 3 rings (SSSR count). The Bertz CT molecular complexity index is 857. The Labute approximate surface area is 159 Å². The molecule has 0 saturated carbocycles. The number of carbonyl (C=O) groups excluding carboxylic acids is 1. The highest BCUT2D eigenvalue weighted by Gasteiger charge is 2.21. The third-order valence-electron chi connectivity index (χ3n) is 4.55. The number of morpholine rings is 1. The lowest BCUT2D eigenvalue weighted by atomic mass is 10.2. The number of hydrogen-bond donors (Lipinski definition) is 1. The average molecular weight is 392 g/mol. The molecule has 1 unspecified atom stereocenters. The van der Waals surface area contributed by atoms with E-state index in [9.17, 15) is 13.2 Å². The fourth-order valence-electron chi connectivity index (χ4n) is 2.95. The molecule has 0 bridgehead atoms. The van der Waals surface area contributed by atoms with E-state index in [1.54, 1.807) is 30.3 Å². The van der Waals surface area contributed by atoms with Gasteiger partial charge >= 0.3 is 0 Å². The van der Waals surface area contributed by atoms with E-state index in [0.717, 1.165) is 13.1 Å². The van der Waals surface area contributed by atoms with E-state index in [1.165, 1.54) is 12.1 Å². The van der Waals surface area contributed by atoms with Gasteiger partial charge in [-0.05, 0) is 31.2 Å². The SMILES string of the molecule is CC(CNC(=O)c1ccc(CS(=O)(=O)c2ccccc2)o1)N1CCOCC1. The summed E-state index contributed by atoms with van der Waals surface area (Å²) in [5.74, 6) is -0.278. The number of amides is 1. The van der Waals surface area contributed by atoms with Crippen molar-refractivity contribution in [2.75, 3.05) is 32.8 Å². The summed E-state index contributed by atoms with van der Waals surface area (Å²) in [6.07, 6.45) is 0. The highest BCUT2D eigenvalue weighted by atomic mass is 32.2. The molecule has 1 N–H and O–H groups in total. The van der Waals surface area contributed by atoms with Crippen molar-refractivity contribution in [2.24, 2.45) is 0 Å². The molecule has 2 aromatic rings. The molecule has 1 atom stereocenters. The summed E-state index contributed by atoms with van der Waals surface area (Å²) < 4.78 is 35.6. The number of furan rings is 1. The number of nitrogens with one attached hydrogen (secondary N) is 1. The summed E-state index contributed by atoms with van der Waals surface area (Å²) in [7, 11) is -3.51. The third-order valence-corrected chi connectivity index (χ3v) is 6.20. The van der Waals surface area contributed by atoms with Crippen molar-refractivity contribution in [1.29, 1.82) is 0 Å². The zero-order valence-corrected chi connectivity index (χ0v) is 16.1. The molecule has 2 heterocycles. The smallest absolute Gasteiger partial charge is 0.287 e. The predicted molar refractivity (Wildman–Crippen MR) is 100 cm³/mol. The first-order chi connectivity index (χ1) is 13.0. The quantitative estimate of drug-likeness (QED) is 0.772. The molecular formula is C19H24N2O5S. The Balaban J connectivity index is 1.56. The van der Waals surface area contributed by atoms with Gasteiger partial charge in [-0.3, -0.25) is 9.69 Å². The van der Waals surface area contributed by atoms with Gasteiger partial charge in [0.2, 0.25) is 0 Å². The summed E-state index contributed by atoms with van der Waals surface area (Å²) in [5.41, 5.74) is 0. The van der Waals surface area contributed by atoms with Crippen LogP contribution >= 0.6 is 0 Å². The van der Waals surface area contributed by atoms with Gasteiger partial charge in [0.1, 0.15) is 11.5 Å². The molecule has 1 amide bonds. The van der Waals surface area contributed by atoms with Crippen LogP contribution in [-0.4, -0.2) is 58.1 Å². The minimum atomic E-state index is -3.51. The van der Waals surface area contributed by atoms with E-state index in [1.807, 2.05) is 6.92 Å². The van der Waals surface area contributed by atoms with Crippen LogP contribution in [0.25, 0.3) is 0 Å². The summed E-state index contributed by atoms with van der Waals surface area (Å²) in [5, 5.41) is 2.84. The van der Waals surface area contributed by atoms with Gasteiger partial charge in [-0.2, -0.15) is 0 Å². The van der Waals surface area contributed by atoms with Crippen LogP contribution in [0.1, 0.15) is 23.2 Å². The second-order valence-corrected chi connectivity index (χ2v) is 8.54. The second-order valence-electron chi connectivity index (χ2n) is 6.55. The molecule has 1 saturated heterocycles. The van der Waals surface area contributed by atoms with E-state index in [2.05, 4.69) is 10.2 Å². The molecular weight excluding hydrogens is 368 g/mol. The van der Waals surface area contributed by atoms with E-state index in [0.29, 0.717) is 19.8 Å². The third kappa shape index (κ3) is 5.18. The van der Waals surface area contributed by atoms with Crippen molar-refractivity contribution >= 4 is 15.7 Å². The number of rotatable bonds is 7. The van der Waals surface area contributed by atoms with Gasteiger partial charge in [0, 0.05) is 25.7 Å². The summed E-state index contributed by atoms with van der Waals surface area (Å²) in [6.45, 7) is 5.63. The predicted octanol–water partition coefficient (Wildman–Crippen LogP) is 1.70. The minimum absolute atomic E-state index is 0.113. The topological polar surface area (TPSA) is 88.8 Å². The normalized spacial score (nSPS) is 16.8. The Kier molecular flexibility index (Phi) is 6.30. The maximum Gasteiger partial charge on any atom is 0.287 e. The molecule has 1 aliphatic rings. The Morgan fingerprint density at radius 3 is 2.56 bits per heavy atom. The van der Waals surface area contributed by atoms with Crippen molar-refractivity contribution in [3.8, 4) is 0 Å². The molecule has 1 aromatic carbocycles. The van der Waals surface area contributed by atoms with E-state index in [4.69, 9.17) is 9.15 Å². The van der Waals surface area contributed by atoms with E-state index in [-0.39, 0.29) is 34.1 Å². The number of ether oxygens (including phenoxy) is 1. The highest BCUT2D eigenvalue weighted by molar-refractivity contribution is 7.90. The van der Waals surface area contributed by atoms with Crippen LogP contribution in [0, 0.1) is 0 Å². The lowest BCUT2D eigenvalue weighted by Gasteiger charge is -2.32. The fourth-order valence-corrected chi connectivity index (χ4v) is 4.22. The number of hydrogen-bond acceptors (Lipinski definition) is 6. The van der Waals surface area contributed by atoms with Gasteiger partial charge in [-0.15, -0.1) is 0 Å². The zero-order chi connectivity index (χ0) is 19.3. The molecule has 1 aromatic heterocycles. The first-order valence-corrected chi connectivity index (χ1v) is 10.6. The summed E-state index contributed by atoms with van der Waals surface area (Å²) in [4.78, 5) is 14.8. The Morgan fingerprint density at radius 1 is 1.15 bits per heavy atom. The van der Waals surface area contributed by atoms with E-state index < -0.39 is 9.84 Å². The van der Waals surface area contributed by atoms with Crippen LogP contribution in [0.3, 0.4) is 0 Å². The van der Waals surface area contributed by atoms with Crippen LogP contribution in [-0.2, 0) is 20.3 Å². The molecule has 1 fully saturated rings. The molecule has 0 spiro atoms. The zero-order valence-electron chi connectivity index (χ0n) is 15.3. The van der Waals surface area contributed by atoms with Gasteiger partial charge in [-0.1, -0.05) is 18.2 Å². The molecule has 8 heteroatoms. The number of carbonyl (C=O) groups is 1. The van der Waals surface area contributed by atoms with Crippen molar-refractivity contribution in [3.63, 3.8) is 0 Å². The Hall–Kier alpha value is -2.16. The van der Waals surface area contributed by atoms with Gasteiger partial charge in [0.15, 0.2) is 15.6 Å². The van der Waals surface area contributed by atoms with Crippen LogP contribution in [0.5, 0.6) is 0 Å². The fraction of sp³-hybridized carbons (Fsp3) is 0.421. The molecule has 0 radical (unpaired) electrons. The van der Waals surface area contributed by atoms with Crippen molar-refractivity contribution in [2.45, 2.75) is 23.6 Å². The molecule has 0 aliphatic carbocycles. The van der Waals surface area contributed by atoms with Gasteiger partial charge in [0.25, 0.3) is 5.91 Å². The molecule has 7 nitrogen and oxygen atoms in total. The number of benzene rings is 1. The first kappa shape index (κ1) is 19.6. The van der Waals surface area contributed by atoms with Gasteiger partial charge in [0.05, 0.1) is 18.1 Å². The Morgan fingerprint density at radius 2 is 1.85 bits per heavy atom. The summed E-state index contributed by atoms with van der Waals surface area (Å²) >= 11 is 0. The van der Waals surface area contributed by atoms with Crippen molar-refractivity contribution in [1.82, 2.24) is 10.2 Å². The first-order valence-electron chi connectivity index (χ1n) is 8.92. The molecule has 1 aliphatic heterocycles. The number of nitrogens with zero attached hydrogens (tertiary/aromatic N) is 1. The maximum atomic E-state index is 12.4.